The molecule has 0 spiro atoms. The Hall–Kier alpha value is -3.21. The molecule has 1 amide bonds. The van der Waals surface area contributed by atoms with Gasteiger partial charge in [-0.05, 0) is 67.8 Å². The van der Waals surface area contributed by atoms with Crippen LogP contribution in [0.1, 0.15) is 42.3 Å². The topological polar surface area (TPSA) is 46.9 Å². The van der Waals surface area contributed by atoms with Gasteiger partial charge in [0.15, 0.2) is 0 Å². The fourth-order valence-corrected chi connectivity index (χ4v) is 3.02. The Kier molecular flexibility index (Phi) is 5.73. The molecule has 0 aliphatic carbocycles. The van der Waals surface area contributed by atoms with Crippen LogP contribution in [-0.2, 0) is 4.79 Å². The van der Waals surface area contributed by atoms with Gasteiger partial charge in [-0.15, -0.1) is 0 Å². The van der Waals surface area contributed by atoms with E-state index in [1.165, 1.54) is 23.8 Å². The molecule has 1 aromatic heterocycles. The van der Waals surface area contributed by atoms with Crippen LogP contribution in [0.4, 0.5) is 10.1 Å². The van der Waals surface area contributed by atoms with E-state index in [2.05, 4.69) is 24.3 Å². The van der Waals surface area contributed by atoms with Crippen LogP contribution in [0.25, 0.3) is 11.8 Å². The minimum atomic E-state index is -0.288. The monoisotopic (exact) mass is 377 g/mol. The van der Waals surface area contributed by atoms with Crippen molar-refractivity contribution in [3.05, 3.63) is 82.9 Å². The van der Waals surface area contributed by atoms with Crippen LogP contribution >= 0.6 is 0 Å². The van der Waals surface area contributed by atoms with Crippen molar-refractivity contribution in [2.75, 3.05) is 5.32 Å². The second-order valence-electron chi connectivity index (χ2n) is 7.07. The number of amides is 1. The second kappa shape index (κ2) is 8.21. The van der Waals surface area contributed by atoms with E-state index in [1.54, 1.807) is 22.9 Å². The second-order valence-corrected chi connectivity index (χ2v) is 7.07. The molecule has 144 valence electrons. The van der Waals surface area contributed by atoms with Crippen molar-refractivity contribution in [1.82, 2.24) is 9.78 Å². The first kappa shape index (κ1) is 19.5. The minimum absolute atomic E-state index is 0.203. The predicted octanol–water partition coefficient (Wildman–Crippen LogP) is 5.40. The van der Waals surface area contributed by atoms with Gasteiger partial charge in [-0.2, -0.15) is 5.10 Å². The van der Waals surface area contributed by atoms with Crippen molar-refractivity contribution < 1.29 is 9.18 Å². The van der Waals surface area contributed by atoms with Crippen LogP contribution in [-0.4, -0.2) is 15.7 Å². The van der Waals surface area contributed by atoms with E-state index in [0.717, 1.165) is 28.3 Å². The van der Waals surface area contributed by atoms with Crippen molar-refractivity contribution in [2.45, 2.75) is 33.6 Å². The van der Waals surface area contributed by atoms with E-state index in [4.69, 9.17) is 0 Å². The lowest BCUT2D eigenvalue weighted by Crippen LogP contribution is -2.07. The quantitative estimate of drug-likeness (QED) is 0.605. The van der Waals surface area contributed by atoms with Crippen LogP contribution in [0.3, 0.4) is 0 Å². The molecule has 0 bridgehead atoms. The Morgan fingerprint density at radius 1 is 1.07 bits per heavy atom. The third-order valence-corrected chi connectivity index (χ3v) is 4.66. The summed E-state index contributed by atoms with van der Waals surface area (Å²) in [7, 11) is 0. The van der Waals surface area contributed by atoms with Crippen LogP contribution in [0.5, 0.6) is 0 Å². The maximum atomic E-state index is 13.2. The zero-order chi connectivity index (χ0) is 20.3. The van der Waals surface area contributed by atoms with E-state index in [0.29, 0.717) is 5.92 Å². The van der Waals surface area contributed by atoms with Gasteiger partial charge in [0.1, 0.15) is 5.82 Å². The zero-order valence-electron chi connectivity index (χ0n) is 16.5. The Balaban J connectivity index is 1.74. The number of carbonyl (C=O) groups is 1. The molecule has 0 aliphatic heterocycles. The Morgan fingerprint density at radius 2 is 1.71 bits per heavy atom. The van der Waals surface area contributed by atoms with Gasteiger partial charge in [0.2, 0.25) is 5.91 Å². The summed E-state index contributed by atoms with van der Waals surface area (Å²) in [5.74, 6) is -0.0395. The number of nitrogens with one attached hydrogen (secondary N) is 1. The molecule has 0 radical (unpaired) electrons. The molecule has 2 aromatic carbocycles. The van der Waals surface area contributed by atoms with Crippen molar-refractivity contribution in [3.63, 3.8) is 0 Å². The summed E-state index contributed by atoms with van der Waals surface area (Å²) in [6.45, 7) is 8.07. The highest BCUT2D eigenvalue weighted by Gasteiger charge is 2.11. The number of carbonyl (C=O) groups excluding carboxylic acids is 1. The molecular weight excluding hydrogens is 353 g/mol. The lowest BCUT2D eigenvalue weighted by molar-refractivity contribution is -0.111. The molecule has 1 N–H and O–H groups in total. The van der Waals surface area contributed by atoms with Gasteiger partial charge in [0.25, 0.3) is 0 Å². The number of nitrogens with zero attached hydrogens (tertiary/aromatic N) is 2. The lowest BCUT2D eigenvalue weighted by atomic mass is 10.0. The standard InChI is InChI=1S/C23H24FN3O/c1-15(2)18-5-9-20(10-6-18)25-23(28)14-13-22-16(3)26-27(17(22)4)21-11-7-19(24)8-12-21/h5-15H,1-4H3,(H,25,28)/b14-13+. The van der Waals surface area contributed by atoms with Gasteiger partial charge in [-0.1, -0.05) is 26.0 Å². The Bertz CT molecular complexity index is 1000. The highest BCUT2D eigenvalue weighted by atomic mass is 19.1. The van der Waals surface area contributed by atoms with Crippen LogP contribution in [0, 0.1) is 19.7 Å². The molecule has 0 saturated carbocycles. The number of benzene rings is 2. The maximum Gasteiger partial charge on any atom is 0.248 e. The van der Waals surface area contributed by atoms with Crippen molar-refractivity contribution >= 4 is 17.7 Å². The number of halogens is 1. The molecule has 3 rings (SSSR count). The predicted molar refractivity (Wildman–Crippen MR) is 111 cm³/mol. The Labute approximate surface area is 164 Å². The van der Waals surface area contributed by atoms with E-state index in [1.807, 2.05) is 38.1 Å². The van der Waals surface area contributed by atoms with Crippen LogP contribution in [0.15, 0.2) is 54.6 Å². The number of aryl methyl sites for hydroxylation is 1. The smallest absolute Gasteiger partial charge is 0.248 e. The Morgan fingerprint density at radius 3 is 2.32 bits per heavy atom. The average molecular weight is 377 g/mol. The molecule has 28 heavy (non-hydrogen) atoms. The number of rotatable bonds is 5. The van der Waals surface area contributed by atoms with Crippen molar-refractivity contribution in [1.29, 1.82) is 0 Å². The first-order chi connectivity index (χ1) is 13.3. The first-order valence-corrected chi connectivity index (χ1v) is 9.26. The molecule has 5 heteroatoms. The van der Waals surface area contributed by atoms with E-state index < -0.39 is 0 Å². The minimum Gasteiger partial charge on any atom is -0.323 e. The number of hydrogen-bond acceptors (Lipinski definition) is 2. The molecule has 0 fully saturated rings. The zero-order valence-corrected chi connectivity index (χ0v) is 16.5. The largest absolute Gasteiger partial charge is 0.323 e. The third-order valence-electron chi connectivity index (χ3n) is 4.66. The number of hydrogen-bond donors (Lipinski definition) is 1. The van der Waals surface area contributed by atoms with Crippen LogP contribution in [0.2, 0.25) is 0 Å². The van der Waals surface area contributed by atoms with E-state index in [-0.39, 0.29) is 11.7 Å². The number of aromatic nitrogens is 2. The first-order valence-electron chi connectivity index (χ1n) is 9.26. The molecule has 3 aromatic rings. The van der Waals surface area contributed by atoms with Gasteiger partial charge < -0.3 is 5.32 Å². The summed E-state index contributed by atoms with van der Waals surface area (Å²) >= 11 is 0. The molecular formula is C23H24FN3O. The van der Waals surface area contributed by atoms with Crippen LogP contribution < -0.4 is 5.32 Å². The van der Waals surface area contributed by atoms with E-state index in [9.17, 15) is 9.18 Å². The number of anilines is 1. The van der Waals surface area contributed by atoms with E-state index >= 15 is 0 Å². The molecule has 1 heterocycles. The summed E-state index contributed by atoms with van der Waals surface area (Å²) in [5.41, 5.74) is 5.31. The van der Waals surface area contributed by atoms with Gasteiger partial charge >= 0.3 is 0 Å². The molecule has 0 saturated heterocycles. The third kappa shape index (κ3) is 4.36. The summed E-state index contributed by atoms with van der Waals surface area (Å²) in [5, 5.41) is 7.38. The normalized spacial score (nSPS) is 11.4. The summed E-state index contributed by atoms with van der Waals surface area (Å²) < 4.78 is 14.9. The highest BCUT2D eigenvalue weighted by Crippen LogP contribution is 2.20. The molecule has 0 atom stereocenters. The summed E-state index contributed by atoms with van der Waals surface area (Å²) in [4.78, 5) is 12.3. The van der Waals surface area contributed by atoms with Gasteiger partial charge in [0, 0.05) is 23.0 Å². The van der Waals surface area contributed by atoms with Gasteiger partial charge in [0.05, 0.1) is 11.4 Å². The van der Waals surface area contributed by atoms with Crippen molar-refractivity contribution in [2.24, 2.45) is 0 Å². The van der Waals surface area contributed by atoms with Gasteiger partial charge in [-0.3, -0.25) is 4.79 Å². The highest BCUT2D eigenvalue weighted by molar-refractivity contribution is 6.02. The average Bonchev–Trinajstić information content (AvgIpc) is 2.95. The molecule has 0 aliphatic rings. The fourth-order valence-electron chi connectivity index (χ4n) is 3.02. The van der Waals surface area contributed by atoms with Crippen molar-refractivity contribution in [3.8, 4) is 5.69 Å². The molecule has 4 nitrogen and oxygen atoms in total. The molecule has 0 unspecified atom stereocenters. The summed E-state index contributed by atoms with van der Waals surface area (Å²) in [6.07, 6.45) is 3.26. The lowest BCUT2D eigenvalue weighted by Gasteiger charge is -2.07. The summed E-state index contributed by atoms with van der Waals surface area (Å²) in [6, 6.07) is 14.0. The van der Waals surface area contributed by atoms with Gasteiger partial charge in [-0.25, -0.2) is 9.07 Å². The maximum absolute atomic E-state index is 13.2. The SMILES string of the molecule is Cc1nn(-c2ccc(F)cc2)c(C)c1/C=C/C(=O)Nc1ccc(C(C)C)cc1. The fraction of sp³-hybridized carbons (Fsp3) is 0.217.